The molecule has 28 heavy (non-hydrogen) atoms. The number of rotatable bonds is 4. The van der Waals surface area contributed by atoms with E-state index in [4.69, 9.17) is 0 Å². The van der Waals surface area contributed by atoms with E-state index in [1.165, 1.54) is 5.56 Å². The summed E-state index contributed by atoms with van der Waals surface area (Å²) in [5, 5.41) is 14.9. The summed E-state index contributed by atoms with van der Waals surface area (Å²) in [6.45, 7) is 4.94. The zero-order valence-corrected chi connectivity index (χ0v) is 16.2. The molecule has 1 aliphatic rings. The van der Waals surface area contributed by atoms with Gasteiger partial charge in [0.05, 0.1) is 11.4 Å². The summed E-state index contributed by atoms with van der Waals surface area (Å²) in [6, 6.07) is 18.9. The second-order valence-corrected chi connectivity index (χ2v) is 7.40. The first kappa shape index (κ1) is 18.4. The zero-order chi connectivity index (χ0) is 19.5. The lowest BCUT2D eigenvalue weighted by Crippen LogP contribution is -2.46. The predicted octanol–water partition coefficient (Wildman–Crippen LogP) is 3.11. The second kappa shape index (κ2) is 7.94. The van der Waals surface area contributed by atoms with Gasteiger partial charge >= 0.3 is 0 Å². The first-order valence-corrected chi connectivity index (χ1v) is 9.74. The smallest absolute Gasteiger partial charge is 0.273 e. The van der Waals surface area contributed by atoms with Crippen molar-refractivity contribution < 1.29 is 4.79 Å². The summed E-state index contributed by atoms with van der Waals surface area (Å²) < 4.78 is 1.72. The molecule has 0 spiro atoms. The number of nitrogens with one attached hydrogen (secondary N) is 2. The van der Waals surface area contributed by atoms with Gasteiger partial charge in [0.15, 0.2) is 5.69 Å². The van der Waals surface area contributed by atoms with Crippen LogP contribution in [0.1, 0.15) is 35.9 Å². The van der Waals surface area contributed by atoms with Crippen LogP contribution in [0.4, 0.5) is 0 Å². The predicted molar refractivity (Wildman–Crippen MR) is 109 cm³/mol. The molecule has 0 bridgehead atoms. The highest BCUT2D eigenvalue weighted by atomic mass is 16.2. The van der Waals surface area contributed by atoms with Crippen LogP contribution in [-0.2, 0) is 0 Å². The highest BCUT2D eigenvalue weighted by Gasteiger charge is 2.23. The summed E-state index contributed by atoms with van der Waals surface area (Å²) in [6.07, 6.45) is 1.87. The monoisotopic (exact) mass is 375 g/mol. The molecule has 2 N–H and O–H groups in total. The van der Waals surface area contributed by atoms with Gasteiger partial charge in [-0.05, 0) is 56.5 Å². The minimum atomic E-state index is -0.149. The van der Waals surface area contributed by atoms with Gasteiger partial charge in [0, 0.05) is 12.1 Å². The molecular weight excluding hydrogens is 350 g/mol. The summed E-state index contributed by atoms with van der Waals surface area (Å²) in [7, 11) is 0. The third-order valence-corrected chi connectivity index (χ3v) is 5.29. The van der Waals surface area contributed by atoms with Crippen LogP contribution in [0.15, 0.2) is 54.6 Å². The standard InChI is InChI=1S/C22H25N5O/c1-15-14-19(12-13-23-15)24-22(28)21-16(2)27(26-25-21)20-10-8-18(9-11-20)17-6-4-3-5-7-17/h3-11,15,19,23H,12-14H2,1-2H3,(H,24,28). The van der Waals surface area contributed by atoms with Crippen LogP contribution < -0.4 is 10.6 Å². The normalized spacial score (nSPS) is 19.4. The van der Waals surface area contributed by atoms with Crippen molar-refractivity contribution in [2.24, 2.45) is 0 Å². The third kappa shape index (κ3) is 3.82. The fourth-order valence-electron chi connectivity index (χ4n) is 3.73. The molecule has 1 aliphatic heterocycles. The minimum absolute atomic E-state index is 0.149. The van der Waals surface area contributed by atoms with Gasteiger partial charge in [0.25, 0.3) is 5.91 Å². The molecule has 0 saturated carbocycles. The number of piperidine rings is 1. The fourth-order valence-corrected chi connectivity index (χ4v) is 3.73. The first-order chi connectivity index (χ1) is 13.6. The average Bonchev–Trinajstić information content (AvgIpc) is 3.10. The summed E-state index contributed by atoms with van der Waals surface area (Å²) in [5.41, 5.74) is 4.32. The molecule has 1 fully saturated rings. The van der Waals surface area contributed by atoms with Crippen LogP contribution >= 0.6 is 0 Å². The van der Waals surface area contributed by atoms with E-state index in [9.17, 15) is 4.79 Å². The minimum Gasteiger partial charge on any atom is -0.348 e. The Labute approximate surface area is 165 Å². The van der Waals surface area contributed by atoms with E-state index in [1.807, 2.05) is 37.3 Å². The van der Waals surface area contributed by atoms with Gasteiger partial charge in [0.1, 0.15) is 0 Å². The summed E-state index contributed by atoms with van der Waals surface area (Å²) >= 11 is 0. The Hall–Kier alpha value is -2.99. The second-order valence-electron chi connectivity index (χ2n) is 7.40. The van der Waals surface area contributed by atoms with Crippen LogP contribution in [0.3, 0.4) is 0 Å². The highest BCUT2D eigenvalue weighted by molar-refractivity contribution is 5.93. The zero-order valence-electron chi connectivity index (χ0n) is 16.2. The quantitative estimate of drug-likeness (QED) is 0.735. The number of carbonyl (C=O) groups is 1. The Bertz CT molecular complexity index is 949. The number of hydrogen-bond acceptors (Lipinski definition) is 4. The maximum Gasteiger partial charge on any atom is 0.273 e. The number of aromatic nitrogens is 3. The van der Waals surface area contributed by atoms with Crippen molar-refractivity contribution in [3.8, 4) is 16.8 Å². The molecule has 2 unspecified atom stereocenters. The Morgan fingerprint density at radius 3 is 2.54 bits per heavy atom. The van der Waals surface area contributed by atoms with Crippen LogP contribution in [0.2, 0.25) is 0 Å². The van der Waals surface area contributed by atoms with E-state index >= 15 is 0 Å². The number of nitrogens with zero attached hydrogens (tertiary/aromatic N) is 3. The van der Waals surface area contributed by atoms with Crippen molar-refractivity contribution in [3.63, 3.8) is 0 Å². The lowest BCUT2D eigenvalue weighted by molar-refractivity contribution is 0.0920. The van der Waals surface area contributed by atoms with Gasteiger partial charge in [-0.2, -0.15) is 0 Å². The van der Waals surface area contributed by atoms with E-state index in [1.54, 1.807) is 4.68 Å². The molecule has 6 nitrogen and oxygen atoms in total. The summed E-state index contributed by atoms with van der Waals surface area (Å²) in [5.74, 6) is -0.149. The Morgan fingerprint density at radius 2 is 1.82 bits per heavy atom. The Kier molecular flexibility index (Phi) is 5.21. The number of carbonyl (C=O) groups excluding carboxylic acids is 1. The molecule has 4 rings (SSSR count). The lowest BCUT2D eigenvalue weighted by Gasteiger charge is -2.28. The Balaban J connectivity index is 1.51. The molecule has 3 aromatic rings. The third-order valence-electron chi connectivity index (χ3n) is 5.29. The molecule has 6 heteroatoms. The maximum atomic E-state index is 12.7. The molecule has 144 valence electrons. The van der Waals surface area contributed by atoms with Gasteiger partial charge < -0.3 is 10.6 Å². The van der Waals surface area contributed by atoms with E-state index in [-0.39, 0.29) is 11.9 Å². The lowest BCUT2D eigenvalue weighted by atomic mass is 10.0. The fraction of sp³-hybridized carbons (Fsp3) is 0.318. The maximum absolute atomic E-state index is 12.7. The summed E-state index contributed by atoms with van der Waals surface area (Å²) in [4.78, 5) is 12.7. The molecule has 1 amide bonds. The van der Waals surface area contributed by atoms with Gasteiger partial charge in [-0.1, -0.05) is 47.7 Å². The van der Waals surface area contributed by atoms with Crippen molar-refractivity contribution >= 4 is 5.91 Å². The first-order valence-electron chi connectivity index (χ1n) is 9.74. The average molecular weight is 375 g/mol. The molecule has 1 aromatic heterocycles. The van der Waals surface area contributed by atoms with E-state index in [0.29, 0.717) is 11.7 Å². The molecule has 2 atom stereocenters. The van der Waals surface area contributed by atoms with E-state index in [2.05, 4.69) is 52.1 Å². The molecule has 0 aliphatic carbocycles. The van der Waals surface area contributed by atoms with Gasteiger partial charge in [-0.15, -0.1) is 5.10 Å². The molecule has 1 saturated heterocycles. The van der Waals surface area contributed by atoms with E-state index < -0.39 is 0 Å². The van der Waals surface area contributed by atoms with Crippen LogP contribution in [0.25, 0.3) is 16.8 Å². The topological polar surface area (TPSA) is 71.8 Å². The van der Waals surface area contributed by atoms with E-state index in [0.717, 1.165) is 36.3 Å². The van der Waals surface area contributed by atoms with Crippen molar-refractivity contribution in [1.82, 2.24) is 25.6 Å². The van der Waals surface area contributed by atoms with Gasteiger partial charge in [0.2, 0.25) is 0 Å². The molecule has 2 heterocycles. The molecular formula is C22H25N5O. The highest BCUT2D eigenvalue weighted by Crippen LogP contribution is 2.21. The number of amides is 1. The molecule has 2 aromatic carbocycles. The van der Waals surface area contributed by atoms with Crippen molar-refractivity contribution in [3.05, 3.63) is 66.0 Å². The van der Waals surface area contributed by atoms with Crippen LogP contribution in [0, 0.1) is 6.92 Å². The number of benzene rings is 2. The van der Waals surface area contributed by atoms with Crippen molar-refractivity contribution in [2.75, 3.05) is 6.54 Å². The SMILES string of the molecule is Cc1c(C(=O)NC2CCNC(C)C2)nnn1-c1ccc(-c2ccccc2)cc1. The number of hydrogen-bond donors (Lipinski definition) is 2. The van der Waals surface area contributed by atoms with Crippen molar-refractivity contribution in [1.29, 1.82) is 0 Å². The van der Waals surface area contributed by atoms with Crippen LogP contribution in [-0.4, -0.2) is 39.5 Å². The Morgan fingerprint density at radius 1 is 1.11 bits per heavy atom. The largest absolute Gasteiger partial charge is 0.348 e. The molecule has 0 radical (unpaired) electrons. The van der Waals surface area contributed by atoms with Crippen molar-refractivity contribution in [2.45, 2.75) is 38.8 Å². The van der Waals surface area contributed by atoms with Crippen LogP contribution in [0.5, 0.6) is 0 Å². The van der Waals surface area contributed by atoms with Gasteiger partial charge in [-0.3, -0.25) is 4.79 Å². The van der Waals surface area contributed by atoms with Gasteiger partial charge in [-0.25, -0.2) is 4.68 Å².